The summed E-state index contributed by atoms with van der Waals surface area (Å²) in [5.74, 6) is 0.921. The molecule has 0 aliphatic heterocycles. The number of hydrogen-bond donors (Lipinski definition) is 1. The minimum absolute atomic E-state index is 0.0257. The molecule has 31 heavy (non-hydrogen) atoms. The number of anilines is 1. The van der Waals surface area contributed by atoms with Gasteiger partial charge in [-0.15, -0.1) is 0 Å². The van der Waals surface area contributed by atoms with Gasteiger partial charge < -0.3 is 14.8 Å². The summed E-state index contributed by atoms with van der Waals surface area (Å²) in [7, 11) is 0. The zero-order valence-corrected chi connectivity index (χ0v) is 18.8. The van der Waals surface area contributed by atoms with Gasteiger partial charge in [0.05, 0.1) is 11.0 Å². The third kappa shape index (κ3) is 5.51. The van der Waals surface area contributed by atoms with Gasteiger partial charge >= 0.3 is 0 Å². The number of carbonyl (C=O) groups is 2. The molecule has 0 saturated carbocycles. The number of para-hydroxylation sites is 3. The van der Waals surface area contributed by atoms with Crippen LogP contribution in [0.15, 0.2) is 54.6 Å². The number of amides is 2. The zero-order chi connectivity index (χ0) is 22.4. The van der Waals surface area contributed by atoms with Crippen molar-refractivity contribution in [2.45, 2.75) is 53.1 Å². The lowest BCUT2D eigenvalue weighted by atomic mass is 10.2. The number of imidazole rings is 1. The quantitative estimate of drug-likeness (QED) is 0.528. The van der Waals surface area contributed by atoms with Crippen LogP contribution in [-0.4, -0.2) is 34.0 Å². The van der Waals surface area contributed by atoms with Crippen LogP contribution >= 0.6 is 0 Å². The molecule has 2 aromatic carbocycles. The van der Waals surface area contributed by atoms with Gasteiger partial charge in [-0.05, 0) is 44.5 Å². The lowest BCUT2D eigenvalue weighted by molar-refractivity contribution is -0.124. The summed E-state index contributed by atoms with van der Waals surface area (Å²) in [6.45, 7) is 8.63. The van der Waals surface area contributed by atoms with E-state index in [1.165, 1.54) is 0 Å². The van der Waals surface area contributed by atoms with E-state index in [1.807, 2.05) is 91.8 Å². The van der Waals surface area contributed by atoms with Crippen molar-refractivity contribution < 1.29 is 9.59 Å². The van der Waals surface area contributed by atoms with Crippen molar-refractivity contribution in [1.82, 2.24) is 14.9 Å². The molecule has 164 valence electrons. The molecule has 0 atom stereocenters. The van der Waals surface area contributed by atoms with Crippen molar-refractivity contribution in [2.24, 2.45) is 5.92 Å². The van der Waals surface area contributed by atoms with Gasteiger partial charge in [0.15, 0.2) is 0 Å². The topological polar surface area (TPSA) is 67.2 Å². The van der Waals surface area contributed by atoms with Crippen molar-refractivity contribution in [2.75, 3.05) is 11.4 Å². The number of hydrogen-bond acceptors (Lipinski definition) is 3. The maximum Gasteiger partial charge on any atom is 0.247 e. The van der Waals surface area contributed by atoms with Gasteiger partial charge in [0.25, 0.3) is 0 Å². The zero-order valence-electron chi connectivity index (χ0n) is 18.8. The second kappa shape index (κ2) is 10.2. The fraction of sp³-hybridized carbons (Fsp3) is 0.400. The predicted molar refractivity (Wildman–Crippen MR) is 125 cm³/mol. The number of nitrogens with zero attached hydrogens (tertiary/aromatic N) is 3. The van der Waals surface area contributed by atoms with E-state index in [-0.39, 0.29) is 30.3 Å². The first-order chi connectivity index (χ1) is 14.9. The largest absolute Gasteiger partial charge is 0.356 e. The molecule has 0 aliphatic rings. The minimum Gasteiger partial charge on any atom is -0.356 e. The van der Waals surface area contributed by atoms with E-state index in [9.17, 15) is 9.59 Å². The fourth-order valence-electron chi connectivity index (χ4n) is 3.69. The Hall–Kier alpha value is -3.15. The fourth-order valence-corrected chi connectivity index (χ4v) is 3.69. The van der Waals surface area contributed by atoms with E-state index in [0.29, 0.717) is 13.0 Å². The molecule has 1 aromatic heterocycles. The molecule has 2 amide bonds. The van der Waals surface area contributed by atoms with Crippen molar-refractivity contribution in [3.8, 4) is 0 Å². The van der Waals surface area contributed by atoms with Crippen LogP contribution < -0.4 is 10.2 Å². The Kier molecular flexibility index (Phi) is 7.45. The Morgan fingerprint density at radius 1 is 1.00 bits per heavy atom. The summed E-state index contributed by atoms with van der Waals surface area (Å²) in [6.07, 6.45) is 1.45. The lowest BCUT2D eigenvalue weighted by Gasteiger charge is -2.27. The van der Waals surface area contributed by atoms with E-state index in [1.54, 1.807) is 0 Å². The van der Waals surface area contributed by atoms with Gasteiger partial charge in [-0.25, -0.2) is 4.98 Å². The number of rotatable bonds is 9. The Morgan fingerprint density at radius 2 is 1.68 bits per heavy atom. The highest BCUT2D eigenvalue weighted by molar-refractivity contribution is 5.94. The molecule has 1 heterocycles. The molecular weight excluding hydrogens is 388 g/mol. The summed E-state index contributed by atoms with van der Waals surface area (Å²) in [5, 5.41) is 2.95. The Balaban J connectivity index is 1.80. The van der Waals surface area contributed by atoms with Crippen molar-refractivity contribution >= 4 is 28.5 Å². The van der Waals surface area contributed by atoms with E-state index in [4.69, 9.17) is 4.98 Å². The van der Waals surface area contributed by atoms with Crippen LogP contribution in [-0.2, 0) is 22.6 Å². The van der Waals surface area contributed by atoms with Crippen LogP contribution in [0.25, 0.3) is 11.0 Å². The van der Waals surface area contributed by atoms with Crippen molar-refractivity contribution in [3.05, 3.63) is 60.4 Å². The minimum atomic E-state index is -0.0257. The SMILES string of the molecule is CC(C)C(=O)NCCCc1nc2ccccc2n1CC(=O)N(c1ccccc1)C(C)C. The smallest absolute Gasteiger partial charge is 0.247 e. The maximum absolute atomic E-state index is 13.4. The van der Waals surface area contributed by atoms with Crippen molar-refractivity contribution in [1.29, 1.82) is 0 Å². The number of aromatic nitrogens is 2. The summed E-state index contributed by atoms with van der Waals surface area (Å²) < 4.78 is 2.01. The highest BCUT2D eigenvalue weighted by Crippen LogP contribution is 2.21. The molecule has 0 radical (unpaired) electrons. The molecule has 6 heteroatoms. The molecule has 3 rings (SSSR count). The van der Waals surface area contributed by atoms with E-state index >= 15 is 0 Å². The first-order valence-electron chi connectivity index (χ1n) is 11.0. The second-order valence-corrected chi connectivity index (χ2v) is 8.35. The molecule has 0 saturated heterocycles. The highest BCUT2D eigenvalue weighted by Gasteiger charge is 2.21. The molecule has 0 unspecified atom stereocenters. The average Bonchev–Trinajstić information content (AvgIpc) is 3.09. The third-order valence-corrected chi connectivity index (χ3v) is 5.25. The van der Waals surface area contributed by atoms with Crippen LogP contribution in [0.2, 0.25) is 0 Å². The monoisotopic (exact) mass is 420 g/mol. The average molecular weight is 421 g/mol. The van der Waals surface area contributed by atoms with Crippen LogP contribution in [0.1, 0.15) is 39.9 Å². The highest BCUT2D eigenvalue weighted by atomic mass is 16.2. The van der Waals surface area contributed by atoms with Crippen molar-refractivity contribution in [3.63, 3.8) is 0 Å². The van der Waals surface area contributed by atoms with Crippen LogP contribution in [0.5, 0.6) is 0 Å². The molecule has 0 aliphatic carbocycles. The maximum atomic E-state index is 13.4. The Labute approximate surface area is 184 Å². The van der Waals surface area contributed by atoms with Crippen LogP contribution in [0.4, 0.5) is 5.69 Å². The third-order valence-electron chi connectivity index (χ3n) is 5.25. The van der Waals surface area contributed by atoms with E-state index < -0.39 is 0 Å². The van der Waals surface area contributed by atoms with Crippen LogP contribution in [0.3, 0.4) is 0 Å². The van der Waals surface area contributed by atoms with E-state index in [2.05, 4.69) is 5.32 Å². The van der Waals surface area contributed by atoms with Gasteiger partial charge in [-0.3, -0.25) is 9.59 Å². The number of fused-ring (bicyclic) bond motifs is 1. The van der Waals surface area contributed by atoms with Gasteiger partial charge in [-0.2, -0.15) is 0 Å². The lowest BCUT2D eigenvalue weighted by Crippen LogP contribution is -2.39. The second-order valence-electron chi connectivity index (χ2n) is 8.35. The molecular formula is C25H32N4O2. The number of aryl methyl sites for hydroxylation is 1. The first-order valence-corrected chi connectivity index (χ1v) is 11.0. The van der Waals surface area contributed by atoms with Gasteiger partial charge in [0.1, 0.15) is 12.4 Å². The number of nitrogens with one attached hydrogen (secondary N) is 1. The van der Waals surface area contributed by atoms with Gasteiger partial charge in [-0.1, -0.05) is 44.2 Å². The molecule has 0 bridgehead atoms. The summed E-state index contributed by atoms with van der Waals surface area (Å²) in [4.78, 5) is 31.8. The normalized spacial score (nSPS) is 11.3. The molecule has 0 fully saturated rings. The summed E-state index contributed by atoms with van der Waals surface area (Å²) >= 11 is 0. The Bertz CT molecular complexity index is 1020. The van der Waals surface area contributed by atoms with Gasteiger partial charge in [0, 0.05) is 30.6 Å². The molecule has 6 nitrogen and oxygen atoms in total. The number of carbonyl (C=O) groups excluding carboxylic acids is 2. The van der Waals surface area contributed by atoms with Crippen LogP contribution in [0, 0.1) is 5.92 Å². The molecule has 1 N–H and O–H groups in total. The number of benzene rings is 2. The Morgan fingerprint density at radius 3 is 2.35 bits per heavy atom. The van der Waals surface area contributed by atoms with E-state index in [0.717, 1.165) is 29.0 Å². The summed E-state index contributed by atoms with van der Waals surface area (Å²) in [6, 6.07) is 17.7. The van der Waals surface area contributed by atoms with Gasteiger partial charge in [0.2, 0.25) is 11.8 Å². The first kappa shape index (κ1) is 22.5. The standard InChI is InChI=1S/C25H32N4O2/c1-18(2)25(31)26-16-10-15-23-27-21-13-8-9-14-22(21)28(23)17-24(30)29(19(3)4)20-11-6-5-7-12-20/h5-9,11-14,18-19H,10,15-17H2,1-4H3,(H,26,31). The molecule has 3 aromatic rings. The molecule has 0 spiro atoms. The summed E-state index contributed by atoms with van der Waals surface area (Å²) in [5.41, 5.74) is 2.73. The predicted octanol–water partition coefficient (Wildman–Crippen LogP) is 4.18.